The Morgan fingerprint density at radius 1 is 0.850 bits per heavy atom. The van der Waals surface area contributed by atoms with Gasteiger partial charge in [0.1, 0.15) is 5.78 Å². The highest BCUT2D eigenvalue weighted by atomic mass is 16.1. The van der Waals surface area contributed by atoms with E-state index in [1.165, 1.54) is 0 Å². The van der Waals surface area contributed by atoms with Crippen molar-refractivity contribution in [1.29, 1.82) is 0 Å². The summed E-state index contributed by atoms with van der Waals surface area (Å²) >= 11 is 0. The third-order valence-electron chi connectivity index (χ3n) is 6.80. The van der Waals surface area contributed by atoms with E-state index in [-0.39, 0.29) is 17.9 Å². The lowest BCUT2D eigenvalue weighted by Gasteiger charge is -2.29. The van der Waals surface area contributed by atoms with Gasteiger partial charge in [0.2, 0.25) is 0 Å². The van der Waals surface area contributed by atoms with Gasteiger partial charge in [-0.2, -0.15) is 0 Å². The Kier molecular flexibility index (Phi) is 12.6. The van der Waals surface area contributed by atoms with Gasteiger partial charge in [-0.05, 0) is 62.4 Å². The minimum absolute atomic E-state index is 0.0343. The van der Waals surface area contributed by atoms with Crippen LogP contribution >= 0.6 is 0 Å². The number of Topliss-reactive ketones (excluding diaryl/α,β-unsaturated/α-hetero) is 1. The summed E-state index contributed by atoms with van der Waals surface area (Å²) in [6, 6.07) is 12.1. The lowest BCUT2D eigenvalue weighted by atomic mass is 10.0. The van der Waals surface area contributed by atoms with Crippen LogP contribution in [0.15, 0.2) is 85.5 Å². The van der Waals surface area contributed by atoms with Crippen molar-refractivity contribution < 1.29 is 4.79 Å². The van der Waals surface area contributed by atoms with E-state index in [1.54, 1.807) is 6.92 Å². The molecule has 2 aromatic rings. The molecule has 6 nitrogen and oxygen atoms in total. The van der Waals surface area contributed by atoms with Gasteiger partial charge in [0, 0.05) is 58.6 Å². The second-order valence-electron chi connectivity index (χ2n) is 11.0. The Labute approximate surface area is 241 Å². The Morgan fingerprint density at radius 3 is 2.05 bits per heavy atom. The van der Waals surface area contributed by atoms with E-state index in [0.717, 1.165) is 70.5 Å². The summed E-state index contributed by atoms with van der Waals surface area (Å²) in [5.74, 6) is 0.691. The summed E-state index contributed by atoms with van der Waals surface area (Å²) < 4.78 is 2.10. The maximum Gasteiger partial charge on any atom is 0.130 e. The van der Waals surface area contributed by atoms with Gasteiger partial charge < -0.3 is 30.6 Å². The third-order valence-corrected chi connectivity index (χ3v) is 6.80. The van der Waals surface area contributed by atoms with Gasteiger partial charge in [0.15, 0.2) is 0 Å². The van der Waals surface area contributed by atoms with Gasteiger partial charge in [-0.15, -0.1) is 0 Å². The third kappa shape index (κ3) is 11.0. The predicted octanol–water partition coefficient (Wildman–Crippen LogP) is 4.96. The average molecular weight is 544 g/mol. The largest absolute Gasteiger partial charge is 0.382 e. The van der Waals surface area contributed by atoms with E-state index in [9.17, 15) is 4.79 Å². The van der Waals surface area contributed by atoms with Gasteiger partial charge in [0.05, 0.1) is 18.6 Å². The van der Waals surface area contributed by atoms with Crippen LogP contribution in [-0.2, 0) is 17.8 Å². The molecule has 0 amide bonds. The molecule has 2 unspecified atom stereocenters. The van der Waals surface area contributed by atoms with Crippen LogP contribution in [0, 0.1) is 5.92 Å². The lowest BCUT2D eigenvalue weighted by Crippen LogP contribution is -2.42. The molecule has 1 aromatic heterocycles. The van der Waals surface area contributed by atoms with E-state index in [1.807, 2.05) is 36.4 Å². The number of anilines is 1. The maximum atomic E-state index is 11.2. The fraction of sp³-hybridized carbons (Fsp3) is 0.382. The molecule has 0 fully saturated rings. The predicted molar refractivity (Wildman–Crippen MR) is 172 cm³/mol. The van der Waals surface area contributed by atoms with E-state index >= 15 is 0 Å². The molecule has 0 aliphatic carbocycles. The highest BCUT2D eigenvalue weighted by molar-refractivity contribution is 5.75. The van der Waals surface area contributed by atoms with E-state index < -0.39 is 0 Å². The highest BCUT2D eigenvalue weighted by Crippen LogP contribution is 2.15. The van der Waals surface area contributed by atoms with E-state index in [2.05, 4.69) is 86.1 Å². The minimum Gasteiger partial charge on any atom is -0.382 e. The second-order valence-corrected chi connectivity index (χ2v) is 11.0. The molecule has 0 saturated carbocycles. The van der Waals surface area contributed by atoms with Gasteiger partial charge in [-0.25, -0.2) is 0 Å². The number of hydrogen-bond donors (Lipinski definition) is 4. The van der Waals surface area contributed by atoms with Crippen molar-refractivity contribution in [3.8, 4) is 0 Å². The highest BCUT2D eigenvalue weighted by Gasteiger charge is 2.18. The number of aryl methyl sites for hydroxylation is 1. The van der Waals surface area contributed by atoms with Crippen LogP contribution in [0.3, 0.4) is 0 Å². The molecule has 4 N–H and O–H groups in total. The molecule has 0 bridgehead atoms. The summed E-state index contributed by atoms with van der Waals surface area (Å²) in [5.41, 5.74) is 5.65. The molecular formula is C34H49N5O. The Morgan fingerprint density at radius 2 is 1.48 bits per heavy atom. The van der Waals surface area contributed by atoms with Crippen molar-refractivity contribution in [2.75, 3.05) is 11.9 Å². The first-order chi connectivity index (χ1) is 18.8. The number of carbonyl (C=O) groups excluding carboxylic acids is 1. The maximum absolute atomic E-state index is 11.2. The van der Waals surface area contributed by atoms with Crippen molar-refractivity contribution in [3.63, 3.8) is 0 Å². The topological polar surface area (TPSA) is 70.1 Å². The molecule has 6 heteroatoms. The first-order valence-corrected chi connectivity index (χ1v) is 14.0. The number of benzene rings is 1. The van der Waals surface area contributed by atoms with Crippen molar-refractivity contribution in [2.24, 2.45) is 5.92 Å². The Hall–Kier alpha value is -3.93. The molecule has 0 spiro atoms. The Bertz CT molecular complexity index is 1260. The summed E-state index contributed by atoms with van der Waals surface area (Å²) in [4.78, 5) is 11.2. The first kappa shape index (κ1) is 32.3. The molecule has 216 valence electrons. The quantitative estimate of drug-likeness (QED) is 0.202. The monoisotopic (exact) mass is 543 g/mol. The molecule has 1 aromatic carbocycles. The van der Waals surface area contributed by atoms with Crippen LogP contribution in [-0.4, -0.2) is 29.0 Å². The smallest absolute Gasteiger partial charge is 0.130 e. The number of hydrogen-bond acceptors (Lipinski definition) is 5. The SMILES string of the molecule is C=C(CNC(=C)C(C)NC(=C)C(CC(C)C)NC(=C)CCn1c(=C)ccc1=C)Nc1ccc(CCC(C)=O)cc1. The van der Waals surface area contributed by atoms with Crippen molar-refractivity contribution >= 4 is 24.6 Å². The molecule has 2 atom stereocenters. The van der Waals surface area contributed by atoms with Crippen molar-refractivity contribution in [3.05, 3.63) is 102 Å². The van der Waals surface area contributed by atoms with Gasteiger partial charge >= 0.3 is 0 Å². The number of aromatic nitrogens is 1. The van der Waals surface area contributed by atoms with Crippen LogP contribution in [0.4, 0.5) is 5.69 Å². The zero-order valence-corrected chi connectivity index (χ0v) is 25.0. The molecule has 0 aliphatic rings. The summed E-state index contributed by atoms with van der Waals surface area (Å²) in [6.45, 7) is 34.5. The second kappa shape index (κ2) is 15.6. The number of rotatable bonds is 19. The van der Waals surface area contributed by atoms with Crippen LogP contribution in [0.2, 0.25) is 0 Å². The van der Waals surface area contributed by atoms with E-state index in [0.29, 0.717) is 18.9 Å². The molecule has 0 radical (unpaired) electrons. The van der Waals surface area contributed by atoms with Crippen molar-refractivity contribution in [2.45, 2.75) is 72.0 Å². The van der Waals surface area contributed by atoms with Gasteiger partial charge in [0.25, 0.3) is 0 Å². The minimum atomic E-state index is -0.0343. The summed E-state index contributed by atoms with van der Waals surface area (Å²) in [7, 11) is 0. The fourth-order valence-corrected chi connectivity index (χ4v) is 4.33. The molecule has 1 heterocycles. The van der Waals surface area contributed by atoms with Crippen LogP contribution in [0.1, 0.15) is 52.5 Å². The number of nitrogens with zero attached hydrogens (tertiary/aromatic N) is 1. The molecule has 0 aliphatic heterocycles. The number of nitrogens with one attached hydrogen (secondary N) is 4. The van der Waals surface area contributed by atoms with Crippen LogP contribution in [0.25, 0.3) is 13.2 Å². The van der Waals surface area contributed by atoms with E-state index in [4.69, 9.17) is 0 Å². The fourth-order valence-electron chi connectivity index (χ4n) is 4.33. The summed E-state index contributed by atoms with van der Waals surface area (Å²) in [5, 5.41) is 15.7. The normalized spacial score (nSPS) is 12.3. The lowest BCUT2D eigenvalue weighted by molar-refractivity contribution is -0.116. The number of allylic oxidation sites excluding steroid dienone is 1. The van der Waals surface area contributed by atoms with Crippen molar-refractivity contribution in [1.82, 2.24) is 20.5 Å². The molecule has 2 rings (SSSR count). The van der Waals surface area contributed by atoms with Crippen LogP contribution in [0.5, 0.6) is 0 Å². The summed E-state index contributed by atoms with van der Waals surface area (Å²) in [6.07, 6.45) is 3.04. The Balaban J connectivity index is 1.83. The molecule has 40 heavy (non-hydrogen) atoms. The van der Waals surface area contributed by atoms with Crippen LogP contribution < -0.4 is 32.0 Å². The average Bonchev–Trinajstić information content (AvgIpc) is 3.21. The number of carbonyl (C=O) groups is 1. The molecule has 0 saturated heterocycles. The zero-order chi connectivity index (χ0) is 29.8. The number of ketones is 1. The first-order valence-electron chi connectivity index (χ1n) is 14.0. The standard InChI is InChI=1S/C34H49N5O/c1-23(2)21-34(37-24(3)19-20-39-26(5)11-12-27(39)6)31(10)38-30(9)29(8)35-22-25(4)36-33-17-15-32(16-18-33)14-13-28(7)40/h11-12,15-18,23,30,34-38H,3-6,8,10,13-14,19-22H2,1-2,7,9H3. The molecular weight excluding hydrogens is 494 g/mol. The zero-order valence-electron chi connectivity index (χ0n) is 25.0. The van der Waals surface area contributed by atoms with Gasteiger partial charge in [-0.1, -0.05) is 65.5 Å². The van der Waals surface area contributed by atoms with Gasteiger partial charge in [-0.3, -0.25) is 0 Å².